The maximum absolute atomic E-state index is 2.24. The van der Waals surface area contributed by atoms with Gasteiger partial charge in [0.2, 0.25) is 0 Å². The fraction of sp³-hybridized carbons (Fsp3) is 0.111. The Labute approximate surface area is 114 Å². The lowest BCUT2D eigenvalue weighted by Crippen LogP contribution is -2.09. The summed E-state index contributed by atoms with van der Waals surface area (Å²) < 4.78 is 2.24. The first-order valence-electron chi connectivity index (χ1n) is 6.64. The summed E-state index contributed by atoms with van der Waals surface area (Å²) >= 11 is 0. The van der Waals surface area contributed by atoms with Gasteiger partial charge >= 0.3 is 0 Å². The van der Waals surface area contributed by atoms with Crippen LogP contribution in [0.3, 0.4) is 0 Å². The summed E-state index contributed by atoms with van der Waals surface area (Å²) in [5.41, 5.74) is 2.73. The molecule has 0 atom stereocenters. The summed E-state index contributed by atoms with van der Waals surface area (Å²) in [4.78, 5) is 0. The molecule has 3 aromatic rings. The minimum Gasteiger partial charge on any atom is -0.353 e. The zero-order chi connectivity index (χ0) is 12.9. The van der Waals surface area contributed by atoms with Crippen LogP contribution in [0.5, 0.6) is 0 Å². The minimum atomic E-state index is 0.398. The van der Waals surface area contributed by atoms with E-state index in [2.05, 4.69) is 89.8 Å². The van der Waals surface area contributed by atoms with E-state index in [1.165, 1.54) is 11.1 Å². The molecule has 2 aromatic carbocycles. The third-order valence-electron chi connectivity index (χ3n) is 3.46. The van der Waals surface area contributed by atoms with Gasteiger partial charge in [-0.1, -0.05) is 60.7 Å². The SMILES string of the molecule is c1ccc(C(Cn2cccc2)c2ccccc2)cc1. The van der Waals surface area contributed by atoms with E-state index in [1.54, 1.807) is 0 Å². The number of hydrogen-bond donors (Lipinski definition) is 0. The zero-order valence-corrected chi connectivity index (χ0v) is 10.8. The second-order valence-corrected chi connectivity index (χ2v) is 4.75. The van der Waals surface area contributed by atoms with Crippen LogP contribution in [0.15, 0.2) is 85.2 Å². The second-order valence-electron chi connectivity index (χ2n) is 4.75. The Morgan fingerprint density at radius 2 is 1.11 bits per heavy atom. The summed E-state index contributed by atoms with van der Waals surface area (Å²) in [7, 11) is 0. The van der Waals surface area contributed by atoms with Crippen molar-refractivity contribution in [2.75, 3.05) is 0 Å². The average molecular weight is 247 g/mol. The predicted octanol–water partition coefficient (Wildman–Crippen LogP) is 4.32. The summed E-state index contributed by atoms with van der Waals surface area (Å²) in [6, 6.07) is 25.6. The van der Waals surface area contributed by atoms with E-state index in [-0.39, 0.29) is 0 Å². The van der Waals surface area contributed by atoms with E-state index in [9.17, 15) is 0 Å². The Bertz CT molecular complexity index is 557. The highest BCUT2D eigenvalue weighted by Gasteiger charge is 2.13. The lowest BCUT2D eigenvalue weighted by Gasteiger charge is -2.19. The second kappa shape index (κ2) is 5.57. The van der Waals surface area contributed by atoms with Gasteiger partial charge in [-0.25, -0.2) is 0 Å². The molecule has 0 unspecified atom stereocenters. The van der Waals surface area contributed by atoms with Crippen LogP contribution in [0.2, 0.25) is 0 Å². The van der Waals surface area contributed by atoms with Crippen LogP contribution >= 0.6 is 0 Å². The van der Waals surface area contributed by atoms with Crippen molar-refractivity contribution in [3.8, 4) is 0 Å². The van der Waals surface area contributed by atoms with Crippen molar-refractivity contribution in [1.82, 2.24) is 4.57 Å². The summed E-state index contributed by atoms with van der Waals surface area (Å²) in [6.45, 7) is 0.973. The van der Waals surface area contributed by atoms with Crippen LogP contribution in [-0.2, 0) is 6.54 Å². The summed E-state index contributed by atoms with van der Waals surface area (Å²) in [6.07, 6.45) is 4.25. The molecule has 19 heavy (non-hydrogen) atoms. The fourth-order valence-electron chi connectivity index (χ4n) is 2.48. The first kappa shape index (κ1) is 11.8. The molecule has 0 fully saturated rings. The first-order chi connectivity index (χ1) is 9.43. The minimum absolute atomic E-state index is 0.398. The van der Waals surface area contributed by atoms with Crippen molar-refractivity contribution in [3.05, 3.63) is 96.3 Å². The molecule has 3 rings (SSSR count). The maximum Gasteiger partial charge on any atom is 0.0329 e. The monoisotopic (exact) mass is 247 g/mol. The molecule has 0 aliphatic rings. The van der Waals surface area contributed by atoms with Crippen molar-refractivity contribution in [1.29, 1.82) is 0 Å². The molecule has 1 nitrogen and oxygen atoms in total. The maximum atomic E-state index is 2.24. The van der Waals surface area contributed by atoms with E-state index < -0.39 is 0 Å². The highest BCUT2D eigenvalue weighted by Crippen LogP contribution is 2.26. The molecule has 0 spiro atoms. The number of nitrogens with zero attached hydrogens (tertiary/aromatic N) is 1. The van der Waals surface area contributed by atoms with E-state index >= 15 is 0 Å². The number of hydrogen-bond acceptors (Lipinski definition) is 0. The lowest BCUT2D eigenvalue weighted by atomic mass is 9.91. The Kier molecular flexibility index (Phi) is 3.46. The molecule has 0 radical (unpaired) electrons. The van der Waals surface area contributed by atoms with E-state index in [0.29, 0.717) is 5.92 Å². The van der Waals surface area contributed by atoms with E-state index in [1.807, 2.05) is 0 Å². The smallest absolute Gasteiger partial charge is 0.0329 e. The molecule has 0 saturated heterocycles. The van der Waals surface area contributed by atoms with Crippen molar-refractivity contribution >= 4 is 0 Å². The average Bonchev–Trinajstić information content (AvgIpc) is 3.00. The highest BCUT2D eigenvalue weighted by atomic mass is 14.9. The van der Waals surface area contributed by atoms with Crippen LogP contribution in [0.4, 0.5) is 0 Å². The molecular weight excluding hydrogens is 230 g/mol. The third kappa shape index (κ3) is 2.76. The largest absolute Gasteiger partial charge is 0.353 e. The predicted molar refractivity (Wildman–Crippen MR) is 79.2 cm³/mol. The van der Waals surface area contributed by atoms with Gasteiger partial charge in [0.1, 0.15) is 0 Å². The van der Waals surface area contributed by atoms with Gasteiger partial charge in [-0.3, -0.25) is 0 Å². The highest BCUT2D eigenvalue weighted by molar-refractivity contribution is 5.32. The van der Waals surface area contributed by atoms with Gasteiger partial charge in [-0.05, 0) is 23.3 Å². The Morgan fingerprint density at radius 1 is 0.632 bits per heavy atom. The van der Waals surface area contributed by atoms with Crippen molar-refractivity contribution in [2.45, 2.75) is 12.5 Å². The van der Waals surface area contributed by atoms with E-state index in [0.717, 1.165) is 6.54 Å². The van der Waals surface area contributed by atoms with E-state index in [4.69, 9.17) is 0 Å². The van der Waals surface area contributed by atoms with Crippen LogP contribution in [0.1, 0.15) is 17.0 Å². The van der Waals surface area contributed by atoms with Crippen LogP contribution < -0.4 is 0 Å². The zero-order valence-electron chi connectivity index (χ0n) is 10.8. The quantitative estimate of drug-likeness (QED) is 0.647. The molecule has 1 heteroatoms. The van der Waals surface area contributed by atoms with Crippen molar-refractivity contribution in [2.24, 2.45) is 0 Å². The Hall–Kier alpha value is -2.28. The molecule has 1 aromatic heterocycles. The topological polar surface area (TPSA) is 4.93 Å². The summed E-state index contributed by atoms with van der Waals surface area (Å²) in [5.74, 6) is 0.398. The van der Waals surface area contributed by atoms with Gasteiger partial charge in [0, 0.05) is 24.9 Å². The third-order valence-corrected chi connectivity index (χ3v) is 3.46. The normalized spacial score (nSPS) is 10.8. The number of rotatable bonds is 4. The molecule has 0 N–H and O–H groups in total. The Morgan fingerprint density at radius 3 is 1.58 bits per heavy atom. The van der Waals surface area contributed by atoms with Gasteiger partial charge in [0.15, 0.2) is 0 Å². The van der Waals surface area contributed by atoms with Gasteiger partial charge in [0.05, 0.1) is 0 Å². The van der Waals surface area contributed by atoms with Gasteiger partial charge in [-0.15, -0.1) is 0 Å². The van der Waals surface area contributed by atoms with Gasteiger partial charge < -0.3 is 4.57 Å². The molecule has 0 amide bonds. The van der Waals surface area contributed by atoms with Crippen molar-refractivity contribution in [3.63, 3.8) is 0 Å². The van der Waals surface area contributed by atoms with Crippen LogP contribution in [-0.4, -0.2) is 4.57 Å². The van der Waals surface area contributed by atoms with Crippen LogP contribution in [0.25, 0.3) is 0 Å². The number of benzene rings is 2. The fourth-order valence-corrected chi connectivity index (χ4v) is 2.48. The lowest BCUT2D eigenvalue weighted by molar-refractivity contribution is 0.627. The number of aromatic nitrogens is 1. The first-order valence-corrected chi connectivity index (χ1v) is 6.64. The molecule has 0 bridgehead atoms. The van der Waals surface area contributed by atoms with Crippen LogP contribution in [0, 0.1) is 0 Å². The molecule has 94 valence electrons. The Balaban J connectivity index is 1.96. The molecular formula is C18H17N. The standard InChI is InChI=1S/C18H17N/c1-3-9-16(10-4-1)18(15-19-13-7-8-14-19)17-11-5-2-6-12-17/h1-14,18H,15H2. The molecule has 1 heterocycles. The van der Waals surface area contributed by atoms with Gasteiger partial charge in [-0.2, -0.15) is 0 Å². The van der Waals surface area contributed by atoms with Gasteiger partial charge in [0.25, 0.3) is 0 Å². The molecule has 0 aliphatic heterocycles. The summed E-state index contributed by atoms with van der Waals surface area (Å²) in [5, 5.41) is 0. The molecule has 0 aliphatic carbocycles. The molecule has 0 saturated carbocycles. The van der Waals surface area contributed by atoms with Crippen molar-refractivity contribution < 1.29 is 0 Å².